The van der Waals surface area contributed by atoms with Crippen LogP contribution in [0.1, 0.15) is 51.7 Å². The minimum absolute atomic E-state index is 0.861. The lowest BCUT2D eigenvalue weighted by molar-refractivity contribution is 0.482. The Hall–Kier alpha value is -0.720. The van der Waals surface area contributed by atoms with Gasteiger partial charge in [-0.1, -0.05) is 39.5 Å². The van der Waals surface area contributed by atoms with Gasteiger partial charge in [-0.05, 0) is 24.5 Å². The largest absolute Gasteiger partial charge is 0.469 e. The zero-order chi connectivity index (χ0) is 10.2. The molecule has 1 heterocycles. The van der Waals surface area contributed by atoms with Crippen LogP contribution in [0.2, 0.25) is 0 Å². The van der Waals surface area contributed by atoms with Crippen molar-refractivity contribution in [3.8, 4) is 0 Å². The second kappa shape index (κ2) is 6.69. The van der Waals surface area contributed by atoms with E-state index in [1.807, 2.05) is 6.07 Å². The summed E-state index contributed by atoms with van der Waals surface area (Å²) in [4.78, 5) is 0. The maximum Gasteiger partial charge on any atom is 0.103 e. The number of hydrogen-bond donors (Lipinski definition) is 0. The van der Waals surface area contributed by atoms with E-state index in [0.29, 0.717) is 0 Å². The molecule has 0 fully saturated rings. The fourth-order valence-corrected chi connectivity index (χ4v) is 1.66. The molecular weight excluding hydrogens is 172 g/mol. The maximum atomic E-state index is 5.28. The van der Waals surface area contributed by atoms with Crippen molar-refractivity contribution in [1.29, 1.82) is 0 Å². The van der Waals surface area contributed by atoms with Crippen LogP contribution >= 0.6 is 0 Å². The number of hydrogen-bond acceptors (Lipinski definition) is 1. The molecule has 80 valence electrons. The predicted molar refractivity (Wildman–Crippen MR) is 60.3 cm³/mol. The Morgan fingerprint density at radius 1 is 1.14 bits per heavy atom. The summed E-state index contributed by atoms with van der Waals surface area (Å²) in [6.07, 6.45) is 9.61. The number of furan rings is 1. The van der Waals surface area contributed by atoms with Crippen LogP contribution in [0.25, 0.3) is 0 Å². The molecular formula is C13H22O. The summed E-state index contributed by atoms with van der Waals surface area (Å²) in [5, 5.41) is 0. The van der Waals surface area contributed by atoms with Crippen LogP contribution in [-0.2, 0) is 6.42 Å². The average Bonchev–Trinajstić information content (AvgIpc) is 2.63. The van der Waals surface area contributed by atoms with E-state index >= 15 is 0 Å². The first-order chi connectivity index (χ1) is 6.79. The van der Waals surface area contributed by atoms with Gasteiger partial charge in [0.1, 0.15) is 5.76 Å². The van der Waals surface area contributed by atoms with E-state index in [0.717, 1.165) is 18.1 Å². The fraction of sp³-hybridized carbons (Fsp3) is 0.692. The summed E-state index contributed by atoms with van der Waals surface area (Å²) < 4.78 is 5.28. The fourth-order valence-electron chi connectivity index (χ4n) is 1.66. The Balaban J connectivity index is 1.90. The van der Waals surface area contributed by atoms with Crippen molar-refractivity contribution in [2.45, 2.75) is 52.4 Å². The molecule has 0 radical (unpaired) electrons. The molecule has 0 saturated carbocycles. The highest BCUT2D eigenvalue weighted by Gasteiger charge is 1.97. The third-order valence-corrected chi connectivity index (χ3v) is 2.53. The summed E-state index contributed by atoms with van der Waals surface area (Å²) in [6.45, 7) is 4.59. The van der Waals surface area contributed by atoms with Crippen molar-refractivity contribution >= 4 is 0 Å². The average molecular weight is 194 g/mol. The monoisotopic (exact) mass is 194 g/mol. The second-order valence-corrected chi connectivity index (χ2v) is 4.43. The molecule has 0 N–H and O–H groups in total. The van der Waals surface area contributed by atoms with E-state index in [2.05, 4.69) is 19.9 Å². The summed E-state index contributed by atoms with van der Waals surface area (Å²) in [5.74, 6) is 1.99. The molecule has 1 nitrogen and oxygen atoms in total. The molecule has 0 saturated heterocycles. The van der Waals surface area contributed by atoms with E-state index in [1.54, 1.807) is 6.26 Å². The first-order valence-electron chi connectivity index (χ1n) is 5.81. The van der Waals surface area contributed by atoms with Gasteiger partial charge < -0.3 is 4.42 Å². The van der Waals surface area contributed by atoms with Gasteiger partial charge in [0.15, 0.2) is 0 Å². The van der Waals surface area contributed by atoms with Crippen LogP contribution in [0.4, 0.5) is 0 Å². The Morgan fingerprint density at radius 3 is 2.57 bits per heavy atom. The van der Waals surface area contributed by atoms with E-state index in [1.165, 1.54) is 32.1 Å². The summed E-state index contributed by atoms with van der Waals surface area (Å²) >= 11 is 0. The summed E-state index contributed by atoms with van der Waals surface area (Å²) in [6, 6.07) is 4.03. The quantitative estimate of drug-likeness (QED) is 0.585. The summed E-state index contributed by atoms with van der Waals surface area (Å²) in [7, 11) is 0. The van der Waals surface area contributed by atoms with Crippen molar-refractivity contribution < 1.29 is 4.42 Å². The molecule has 0 bridgehead atoms. The Kier molecular flexibility index (Phi) is 5.43. The van der Waals surface area contributed by atoms with E-state index < -0.39 is 0 Å². The van der Waals surface area contributed by atoms with Crippen molar-refractivity contribution in [3.05, 3.63) is 24.2 Å². The van der Waals surface area contributed by atoms with Gasteiger partial charge in [-0.25, -0.2) is 0 Å². The van der Waals surface area contributed by atoms with Crippen molar-refractivity contribution in [3.63, 3.8) is 0 Å². The van der Waals surface area contributed by atoms with E-state index in [4.69, 9.17) is 4.42 Å². The zero-order valence-corrected chi connectivity index (χ0v) is 9.46. The molecule has 1 rings (SSSR count). The number of aryl methyl sites for hydroxylation is 1. The van der Waals surface area contributed by atoms with Crippen molar-refractivity contribution in [1.82, 2.24) is 0 Å². The van der Waals surface area contributed by atoms with Gasteiger partial charge in [0.2, 0.25) is 0 Å². The Morgan fingerprint density at radius 2 is 1.93 bits per heavy atom. The van der Waals surface area contributed by atoms with Crippen LogP contribution in [-0.4, -0.2) is 0 Å². The number of unbranched alkanes of at least 4 members (excludes halogenated alkanes) is 3. The zero-order valence-electron chi connectivity index (χ0n) is 9.46. The number of rotatable bonds is 7. The smallest absolute Gasteiger partial charge is 0.103 e. The second-order valence-electron chi connectivity index (χ2n) is 4.43. The lowest BCUT2D eigenvalue weighted by Gasteiger charge is -2.03. The SMILES string of the molecule is CC(C)CCCCCCc1ccco1. The van der Waals surface area contributed by atoms with Gasteiger partial charge in [-0.2, -0.15) is 0 Å². The Labute approximate surface area is 87.5 Å². The highest BCUT2D eigenvalue weighted by atomic mass is 16.3. The highest BCUT2D eigenvalue weighted by Crippen LogP contribution is 2.11. The molecule has 0 amide bonds. The molecule has 0 aliphatic rings. The molecule has 0 atom stereocenters. The molecule has 1 aromatic heterocycles. The normalized spacial score (nSPS) is 11.1. The highest BCUT2D eigenvalue weighted by molar-refractivity contribution is 4.97. The molecule has 1 heteroatoms. The molecule has 0 unspecified atom stereocenters. The standard InChI is InChI=1S/C13H22O/c1-12(2)8-5-3-4-6-9-13-10-7-11-14-13/h7,10-12H,3-6,8-9H2,1-2H3. The Bertz CT molecular complexity index is 211. The van der Waals surface area contributed by atoms with Crippen LogP contribution < -0.4 is 0 Å². The van der Waals surface area contributed by atoms with Gasteiger partial charge >= 0.3 is 0 Å². The van der Waals surface area contributed by atoms with Gasteiger partial charge in [-0.15, -0.1) is 0 Å². The van der Waals surface area contributed by atoms with Crippen LogP contribution in [0.3, 0.4) is 0 Å². The molecule has 0 spiro atoms. The van der Waals surface area contributed by atoms with Crippen LogP contribution in [0.15, 0.2) is 22.8 Å². The van der Waals surface area contributed by atoms with Crippen LogP contribution in [0, 0.1) is 5.92 Å². The topological polar surface area (TPSA) is 13.1 Å². The third-order valence-electron chi connectivity index (χ3n) is 2.53. The molecule has 0 aliphatic heterocycles. The molecule has 0 aromatic carbocycles. The molecule has 1 aromatic rings. The van der Waals surface area contributed by atoms with Gasteiger partial charge in [0.05, 0.1) is 6.26 Å². The first-order valence-corrected chi connectivity index (χ1v) is 5.81. The van der Waals surface area contributed by atoms with Crippen molar-refractivity contribution in [2.24, 2.45) is 5.92 Å². The minimum Gasteiger partial charge on any atom is -0.469 e. The van der Waals surface area contributed by atoms with Gasteiger partial charge in [-0.3, -0.25) is 0 Å². The van der Waals surface area contributed by atoms with Crippen molar-refractivity contribution in [2.75, 3.05) is 0 Å². The summed E-state index contributed by atoms with van der Waals surface area (Å²) in [5.41, 5.74) is 0. The lowest BCUT2D eigenvalue weighted by atomic mass is 10.0. The van der Waals surface area contributed by atoms with Gasteiger partial charge in [0, 0.05) is 6.42 Å². The third kappa shape index (κ3) is 5.11. The predicted octanol–water partition coefficient (Wildman–Crippen LogP) is 4.43. The minimum atomic E-state index is 0.861. The molecule has 14 heavy (non-hydrogen) atoms. The van der Waals surface area contributed by atoms with Gasteiger partial charge in [0.25, 0.3) is 0 Å². The first kappa shape index (κ1) is 11.4. The van der Waals surface area contributed by atoms with E-state index in [9.17, 15) is 0 Å². The van der Waals surface area contributed by atoms with Crippen LogP contribution in [0.5, 0.6) is 0 Å². The van der Waals surface area contributed by atoms with E-state index in [-0.39, 0.29) is 0 Å². The maximum absolute atomic E-state index is 5.28. The lowest BCUT2D eigenvalue weighted by Crippen LogP contribution is -1.88. The molecule has 0 aliphatic carbocycles.